The number of rotatable bonds is 5. The van der Waals surface area contributed by atoms with E-state index in [4.69, 9.17) is 5.11 Å². The Kier molecular flexibility index (Phi) is 5.22. The van der Waals surface area contributed by atoms with E-state index in [1.165, 1.54) is 0 Å². The molecule has 0 heterocycles. The quantitative estimate of drug-likeness (QED) is 0.745. The minimum Gasteiger partial charge on any atom is -0.480 e. The van der Waals surface area contributed by atoms with Crippen LogP contribution >= 0.6 is 0 Å². The van der Waals surface area contributed by atoms with Crippen LogP contribution in [0.15, 0.2) is 0 Å². The summed E-state index contributed by atoms with van der Waals surface area (Å²) in [6.07, 6.45) is 5.19. The van der Waals surface area contributed by atoms with Gasteiger partial charge in [0.1, 0.15) is 6.04 Å². The number of hydrogen-bond acceptors (Lipinski definition) is 3. The van der Waals surface area contributed by atoms with Gasteiger partial charge in [-0.15, -0.1) is 0 Å². The van der Waals surface area contributed by atoms with Crippen molar-refractivity contribution < 1.29 is 9.90 Å². The minimum absolute atomic E-state index is 0.323. The van der Waals surface area contributed by atoms with Crippen molar-refractivity contribution in [1.29, 1.82) is 0 Å². The lowest BCUT2D eigenvalue weighted by Crippen LogP contribution is -2.47. The summed E-state index contributed by atoms with van der Waals surface area (Å²) in [5.41, 5.74) is 0. The second kappa shape index (κ2) is 6.21. The Hall–Kier alpha value is -0.610. The van der Waals surface area contributed by atoms with Gasteiger partial charge in [-0.3, -0.25) is 9.69 Å². The fraction of sp³-hybridized carbons (Fsp3) is 0.917. The van der Waals surface area contributed by atoms with Gasteiger partial charge >= 0.3 is 5.97 Å². The Morgan fingerprint density at radius 3 is 2.38 bits per heavy atom. The number of carboxylic acids is 1. The largest absolute Gasteiger partial charge is 0.480 e. The highest BCUT2D eigenvalue weighted by atomic mass is 16.4. The molecule has 0 aromatic carbocycles. The van der Waals surface area contributed by atoms with Crippen molar-refractivity contribution in [3.63, 3.8) is 0 Å². The smallest absolute Gasteiger partial charge is 0.320 e. The summed E-state index contributed by atoms with van der Waals surface area (Å²) in [6, 6.07) is 0.733. The van der Waals surface area contributed by atoms with Gasteiger partial charge in [0.25, 0.3) is 0 Å². The first kappa shape index (κ1) is 13.5. The van der Waals surface area contributed by atoms with Gasteiger partial charge in [-0.1, -0.05) is 6.92 Å². The molecule has 1 aliphatic carbocycles. The molecule has 0 amide bonds. The maximum atomic E-state index is 11.1. The molecule has 2 N–H and O–H groups in total. The van der Waals surface area contributed by atoms with Crippen LogP contribution in [0.3, 0.4) is 0 Å². The first-order valence-electron chi connectivity index (χ1n) is 6.22. The summed E-state index contributed by atoms with van der Waals surface area (Å²) in [5.74, 6) is -0.694. The second-order valence-electron chi connectivity index (χ2n) is 4.72. The third-order valence-electron chi connectivity index (χ3n) is 3.84. The fourth-order valence-electron chi connectivity index (χ4n) is 2.66. The Morgan fingerprint density at radius 1 is 1.44 bits per heavy atom. The molecule has 0 bridgehead atoms. The van der Waals surface area contributed by atoms with Crippen molar-refractivity contribution in [1.82, 2.24) is 10.2 Å². The van der Waals surface area contributed by atoms with Crippen LogP contribution in [-0.2, 0) is 4.79 Å². The van der Waals surface area contributed by atoms with Crippen LogP contribution in [0.5, 0.6) is 0 Å². The van der Waals surface area contributed by atoms with Crippen molar-refractivity contribution in [2.45, 2.75) is 57.2 Å². The predicted octanol–water partition coefficient (Wildman–Crippen LogP) is 1.31. The highest BCUT2D eigenvalue weighted by molar-refractivity contribution is 5.73. The number of hydrogen-bond donors (Lipinski definition) is 2. The molecule has 1 unspecified atom stereocenters. The molecule has 4 nitrogen and oxygen atoms in total. The normalized spacial score (nSPS) is 28.0. The molecule has 0 spiro atoms. The van der Waals surface area contributed by atoms with Gasteiger partial charge in [-0.2, -0.15) is 0 Å². The average molecular weight is 228 g/mol. The second-order valence-corrected chi connectivity index (χ2v) is 4.72. The van der Waals surface area contributed by atoms with Gasteiger partial charge in [0, 0.05) is 12.1 Å². The lowest BCUT2D eigenvalue weighted by atomic mass is 9.89. The Balaban J connectivity index is 2.48. The van der Waals surface area contributed by atoms with Gasteiger partial charge in [-0.25, -0.2) is 0 Å². The summed E-state index contributed by atoms with van der Waals surface area (Å²) in [6.45, 7) is 1.94. The maximum absolute atomic E-state index is 11.1. The Bertz CT molecular complexity index is 225. The van der Waals surface area contributed by atoms with E-state index in [0.29, 0.717) is 18.5 Å². The van der Waals surface area contributed by atoms with E-state index < -0.39 is 5.97 Å². The molecule has 1 fully saturated rings. The monoisotopic (exact) mass is 228 g/mol. The lowest BCUT2D eigenvalue weighted by molar-refractivity contribution is -0.144. The molecule has 1 saturated carbocycles. The molecular formula is C12H24N2O2. The average Bonchev–Trinajstić information content (AvgIpc) is 2.29. The van der Waals surface area contributed by atoms with Crippen molar-refractivity contribution in [2.75, 3.05) is 14.1 Å². The number of likely N-dealkylation sites (N-methyl/N-ethyl adjacent to an activating group) is 1. The topological polar surface area (TPSA) is 52.6 Å². The van der Waals surface area contributed by atoms with Crippen LogP contribution in [0.4, 0.5) is 0 Å². The third-order valence-corrected chi connectivity index (χ3v) is 3.84. The zero-order chi connectivity index (χ0) is 12.1. The van der Waals surface area contributed by atoms with Crippen molar-refractivity contribution in [2.24, 2.45) is 0 Å². The third kappa shape index (κ3) is 3.19. The van der Waals surface area contributed by atoms with E-state index in [2.05, 4.69) is 5.32 Å². The standard InChI is InChI=1S/C12H24N2O2/c1-4-11(12(15)16)14(3)10-7-5-9(13-2)6-8-10/h9-11,13H,4-8H2,1-3H3,(H,15,16). The zero-order valence-corrected chi connectivity index (χ0v) is 10.6. The maximum Gasteiger partial charge on any atom is 0.320 e. The van der Waals surface area contributed by atoms with Gasteiger partial charge < -0.3 is 10.4 Å². The van der Waals surface area contributed by atoms with E-state index in [1.807, 2.05) is 25.9 Å². The van der Waals surface area contributed by atoms with E-state index in [1.54, 1.807) is 0 Å². The summed E-state index contributed by atoms with van der Waals surface area (Å²) in [5, 5.41) is 12.4. The molecule has 0 radical (unpaired) electrons. The molecule has 1 rings (SSSR count). The number of nitrogens with zero attached hydrogens (tertiary/aromatic N) is 1. The Morgan fingerprint density at radius 2 is 2.00 bits per heavy atom. The van der Waals surface area contributed by atoms with E-state index in [9.17, 15) is 4.79 Å². The van der Waals surface area contributed by atoms with Crippen LogP contribution in [0, 0.1) is 0 Å². The number of aliphatic carboxylic acids is 1. The number of nitrogens with one attached hydrogen (secondary N) is 1. The zero-order valence-electron chi connectivity index (χ0n) is 10.6. The first-order chi connectivity index (χ1) is 7.60. The summed E-state index contributed by atoms with van der Waals surface area (Å²) >= 11 is 0. The molecule has 94 valence electrons. The van der Waals surface area contributed by atoms with E-state index >= 15 is 0 Å². The first-order valence-corrected chi connectivity index (χ1v) is 6.22. The van der Waals surface area contributed by atoms with Crippen LogP contribution in [0.2, 0.25) is 0 Å². The molecule has 1 aliphatic rings. The molecule has 0 aromatic heterocycles. The minimum atomic E-state index is -0.694. The number of carboxylic acid groups (broad SMARTS) is 1. The van der Waals surface area contributed by atoms with E-state index in [-0.39, 0.29) is 6.04 Å². The molecule has 0 aromatic rings. The molecule has 16 heavy (non-hydrogen) atoms. The van der Waals surface area contributed by atoms with Crippen LogP contribution in [-0.4, -0.2) is 48.2 Å². The highest BCUT2D eigenvalue weighted by Gasteiger charge is 2.29. The summed E-state index contributed by atoms with van der Waals surface area (Å²) in [7, 11) is 3.95. The summed E-state index contributed by atoms with van der Waals surface area (Å²) < 4.78 is 0. The molecule has 0 aliphatic heterocycles. The Labute approximate surface area is 98.0 Å². The van der Waals surface area contributed by atoms with E-state index in [0.717, 1.165) is 25.7 Å². The van der Waals surface area contributed by atoms with Crippen LogP contribution in [0.1, 0.15) is 39.0 Å². The van der Waals surface area contributed by atoms with Gasteiger partial charge in [0.05, 0.1) is 0 Å². The van der Waals surface area contributed by atoms with Gasteiger partial charge in [-0.05, 0) is 46.2 Å². The predicted molar refractivity (Wildman–Crippen MR) is 64.6 cm³/mol. The molecule has 4 heteroatoms. The SMILES string of the molecule is CCC(C(=O)O)N(C)C1CCC(NC)CC1. The summed E-state index contributed by atoms with van der Waals surface area (Å²) in [4.78, 5) is 13.1. The van der Waals surface area contributed by atoms with Gasteiger partial charge in [0.15, 0.2) is 0 Å². The lowest BCUT2D eigenvalue weighted by Gasteiger charge is -2.37. The fourth-order valence-corrected chi connectivity index (χ4v) is 2.66. The number of carbonyl (C=O) groups is 1. The highest BCUT2D eigenvalue weighted by Crippen LogP contribution is 2.24. The van der Waals surface area contributed by atoms with Crippen LogP contribution < -0.4 is 5.32 Å². The molecule has 0 saturated heterocycles. The van der Waals surface area contributed by atoms with Gasteiger partial charge in [0.2, 0.25) is 0 Å². The molecular weight excluding hydrogens is 204 g/mol. The van der Waals surface area contributed by atoms with Crippen molar-refractivity contribution >= 4 is 5.97 Å². The van der Waals surface area contributed by atoms with Crippen molar-refractivity contribution in [3.05, 3.63) is 0 Å². The van der Waals surface area contributed by atoms with Crippen molar-refractivity contribution in [3.8, 4) is 0 Å². The van der Waals surface area contributed by atoms with Crippen LogP contribution in [0.25, 0.3) is 0 Å². The molecule has 1 atom stereocenters.